The van der Waals surface area contributed by atoms with Crippen molar-refractivity contribution in [3.05, 3.63) is 0 Å². The fraction of sp³-hybridized carbons (Fsp3) is 0.600. The van der Waals surface area contributed by atoms with Gasteiger partial charge in [0.2, 0.25) is 0 Å². The molecule has 0 aliphatic carbocycles. The lowest BCUT2D eigenvalue weighted by atomic mass is 10.8. The van der Waals surface area contributed by atoms with E-state index in [4.69, 9.17) is 6.42 Å². The molecular weight excluding hydrogens is 168 g/mol. The molecule has 0 aromatic heterocycles. The molecule has 0 aromatic carbocycles. The molecule has 0 saturated heterocycles. The van der Waals surface area contributed by atoms with Crippen LogP contribution in [0.3, 0.4) is 0 Å². The Bertz CT molecular complexity index is 239. The Kier molecular flexibility index (Phi) is 4.07. The van der Waals surface area contributed by atoms with Gasteiger partial charge in [-0.2, -0.15) is 12.7 Å². The van der Waals surface area contributed by atoms with Crippen LogP contribution in [0, 0.1) is 12.3 Å². The van der Waals surface area contributed by atoms with Gasteiger partial charge in [0, 0.05) is 14.1 Å². The summed E-state index contributed by atoms with van der Waals surface area (Å²) in [6.45, 7) is -0.0902. The van der Waals surface area contributed by atoms with Crippen molar-refractivity contribution in [1.82, 2.24) is 9.19 Å². The van der Waals surface area contributed by atoms with Gasteiger partial charge in [-0.05, 0) is 0 Å². The minimum Gasteiger partial charge on any atom is -0.273 e. The summed E-state index contributed by atoms with van der Waals surface area (Å²) in [5.74, 6) is 2.11. The van der Waals surface area contributed by atoms with E-state index in [1.807, 2.05) is 4.89 Å². The van der Waals surface area contributed by atoms with Crippen molar-refractivity contribution in [2.24, 2.45) is 0 Å². The molecule has 0 aromatic rings. The molecule has 0 bridgehead atoms. The van der Waals surface area contributed by atoms with E-state index in [9.17, 15) is 8.42 Å². The Morgan fingerprint density at radius 1 is 1.64 bits per heavy atom. The third-order valence-electron chi connectivity index (χ3n) is 0.800. The van der Waals surface area contributed by atoms with Crippen molar-refractivity contribution in [2.45, 2.75) is 0 Å². The van der Waals surface area contributed by atoms with Crippen molar-refractivity contribution in [1.29, 1.82) is 0 Å². The minimum absolute atomic E-state index is 0.0902. The van der Waals surface area contributed by atoms with E-state index in [1.54, 1.807) is 0 Å². The summed E-state index contributed by atoms with van der Waals surface area (Å²) in [5, 5.41) is 0. The van der Waals surface area contributed by atoms with E-state index in [1.165, 1.54) is 14.1 Å². The number of nitrogens with one attached hydrogen (secondary N) is 1. The molecule has 0 saturated carbocycles. The highest BCUT2D eigenvalue weighted by atomic mass is 32.2. The number of hydrogen-bond acceptors (Lipinski definition) is 3. The number of terminal acetylenes is 1. The zero-order valence-corrected chi connectivity index (χ0v) is 7.18. The van der Waals surface area contributed by atoms with Crippen LogP contribution in [0.1, 0.15) is 0 Å². The van der Waals surface area contributed by atoms with Crippen LogP contribution in [0.15, 0.2) is 0 Å². The molecular formula is C5H10N2O3S. The lowest BCUT2D eigenvalue weighted by molar-refractivity contribution is 0.119. The normalized spacial score (nSPS) is 11.5. The van der Waals surface area contributed by atoms with Crippen LogP contribution in [-0.2, 0) is 15.0 Å². The molecule has 0 rings (SSSR count). The summed E-state index contributed by atoms with van der Waals surface area (Å²) < 4.78 is 22.6. The number of hydrogen-bond donors (Lipinski definition) is 1. The van der Waals surface area contributed by atoms with Crippen LogP contribution in [-0.4, -0.2) is 33.4 Å². The molecule has 0 spiro atoms. The smallest absolute Gasteiger partial charge is 0.273 e. The van der Waals surface area contributed by atoms with E-state index >= 15 is 0 Å². The topological polar surface area (TPSA) is 58.6 Å². The second kappa shape index (κ2) is 4.31. The van der Waals surface area contributed by atoms with Gasteiger partial charge in [0.05, 0.1) is 0 Å². The third kappa shape index (κ3) is 3.95. The second-order valence-electron chi connectivity index (χ2n) is 1.86. The molecule has 0 unspecified atom stereocenters. The third-order valence-corrected chi connectivity index (χ3v) is 2.09. The van der Waals surface area contributed by atoms with Crippen LogP contribution in [0.4, 0.5) is 0 Å². The predicted molar refractivity (Wildman–Crippen MR) is 40.5 cm³/mol. The van der Waals surface area contributed by atoms with Gasteiger partial charge >= 0.3 is 10.2 Å². The SMILES string of the molecule is C#CCONS(=O)(=O)N(C)C. The molecule has 1 N–H and O–H groups in total. The predicted octanol–water partition coefficient (Wildman–Crippen LogP) is -1.05. The van der Waals surface area contributed by atoms with Gasteiger partial charge < -0.3 is 0 Å². The maximum atomic E-state index is 10.8. The van der Waals surface area contributed by atoms with E-state index in [0.717, 1.165) is 4.31 Å². The van der Waals surface area contributed by atoms with Crippen molar-refractivity contribution < 1.29 is 13.3 Å². The highest BCUT2D eigenvalue weighted by Gasteiger charge is 2.11. The summed E-state index contributed by atoms with van der Waals surface area (Å²) in [5.41, 5.74) is 0. The first-order valence-electron chi connectivity index (χ1n) is 2.75. The molecule has 0 aliphatic heterocycles. The van der Waals surface area contributed by atoms with E-state index in [-0.39, 0.29) is 6.61 Å². The zero-order valence-electron chi connectivity index (χ0n) is 6.36. The monoisotopic (exact) mass is 178 g/mol. The first-order valence-corrected chi connectivity index (χ1v) is 4.19. The van der Waals surface area contributed by atoms with Crippen molar-refractivity contribution >= 4 is 10.2 Å². The summed E-state index contributed by atoms with van der Waals surface area (Å²) in [6.07, 6.45) is 4.81. The molecule has 0 aliphatic rings. The van der Waals surface area contributed by atoms with Gasteiger partial charge in [0.25, 0.3) is 0 Å². The lowest BCUT2D eigenvalue weighted by Crippen LogP contribution is -2.35. The van der Waals surface area contributed by atoms with Crippen molar-refractivity contribution in [3.8, 4) is 12.3 Å². The Labute approximate surface area is 66.5 Å². The van der Waals surface area contributed by atoms with Crippen LogP contribution < -0.4 is 4.89 Å². The molecule has 0 fully saturated rings. The minimum atomic E-state index is -3.50. The number of nitrogens with zero attached hydrogens (tertiary/aromatic N) is 1. The Balaban J connectivity index is 3.87. The van der Waals surface area contributed by atoms with Gasteiger partial charge in [0.15, 0.2) is 0 Å². The van der Waals surface area contributed by atoms with Crippen LogP contribution >= 0.6 is 0 Å². The molecule has 0 radical (unpaired) electrons. The Morgan fingerprint density at radius 3 is 2.55 bits per heavy atom. The number of rotatable bonds is 4. The molecule has 5 nitrogen and oxygen atoms in total. The molecule has 0 heterocycles. The average Bonchev–Trinajstić information content (AvgIpc) is 1.88. The largest absolute Gasteiger partial charge is 0.301 e. The second-order valence-corrected chi connectivity index (χ2v) is 3.71. The van der Waals surface area contributed by atoms with Crippen LogP contribution in [0.25, 0.3) is 0 Å². The summed E-state index contributed by atoms with van der Waals surface area (Å²) in [4.78, 5) is 6.21. The van der Waals surface area contributed by atoms with Crippen LogP contribution in [0.2, 0.25) is 0 Å². The highest BCUT2D eigenvalue weighted by Crippen LogP contribution is 1.86. The first-order chi connectivity index (χ1) is 5.00. The zero-order chi connectivity index (χ0) is 8.91. The summed E-state index contributed by atoms with van der Waals surface area (Å²) >= 11 is 0. The van der Waals surface area contributed by atoms with Gasteiger partial charge in [-0.15, -0.1) is 6.42 Å². The van der Waals surface area contributed by atoms with Gasteiger partial charge in [-0.25, -0.2) is 0 Å². The standard InChI is InChI=1S/C5H10N2O3S/c1-4-5-10-6-11(8,9)7(2)3/h1,6H,5H2,2-3H3. The molecule has 6 heteroatoms. The maximum Gasteiger partial charge on any atom is 0.301 e. The Hall–Kier alpha value is -0.610. The lowest BCUT2D eigenvalue weighted by Gasteiger charge is -2.10. The molecule has 0 atom stereocenters. The molecule has 64 valence electrons. The van der Waals surface area contributed by atoms with E-state index in [0.29, 0.717) is 0 Å². The van der Waals surface area contributed by atoms with Gasteiger partial charge in [-0.1, -0.05) is 10.8 Å². The highest BCUT2D eigenvalue weighted by molar-refractivity contribution is 7.86. The quantitative estimate of drug-likeness (QED) is 0.339. The van der Waals surface area contributed by atoms with Crippen molar-refractivity contribution in [3.63, 3.8) is 0 Å². The van der Waals surface area contributed by atoms with Gasteiger partial charge in [-0.3, -0.25) is 4.84 Å². The van der Waals surface area contributed by atoms with Crippen LogP contribution in [0.5, 0.6) is 0 Å². The molecule has 0 amide bonds. The fourth-order valence-electron chi connectivity index (χ4n) is 0.220. The average molecular weight is 178 g/mol. The van der Waals surface area contributed by atoms with Gasteiger partial charge in [0.1, 0.15) is 6.61 Å². The summed E-state index contributed by atoms with van der Waals surface area (Å²) in [7, 11) is -0.752. The van der Waals surface area contributed by atoms with Crippen molar-refractivity contribution in [2.75, 3.05) is 20.7 Å². The maximum absolute atomic E-state index is 10.8. The van der Waals surface area contributed by atoms with E-state index < -0.39 is 10.2 Å². The van der Waals surface area contributed by atoms with E-state index in [2.05, 4.69) is 10.8 Å². The Morgan fingerprint density at radius 2 is 2.18 bits per heavy atom. The first kappa shape index (κ1) is 10.4. The molecule has 11 heavy (non-hydrogen) atoms. The summed E-state index contributed by atoms with van der Waals surface area (Å²) in [6, 6.07) is 0. The fourth-order valence-corrected chi connectivity index (χ4v) is 0.577.